The van der Waals surface area contributed by atoms with Gasteiger partial charge in [0.2, 0.25) is 0 Å². The monoisotopic (exact) mass is 308 g/mol. The van der Waals surface area contributed by atoms with E-state index in [1.54, 1.807) is 0 Å². The van der Waals surface area contributed by atoms with E-state index in [4.69, 9.17) is 4.74 Å². The number of ether oxygens (including phenoxy) is 1. The summed E-state index contributed by atoms with van der Waals surface area (Å²) in [5, 5.41) is 58.2. The normalized spacial score (nSPS) is 27.0. The molecule has 0 amide bonds. The largest absolute Gasteiger partial charge is 0.508 e. The first-order valence-corrected chi connectivity index (χ1v) is 6.72. The van der Waals surface area contributed by atoms with Gasteiger partial charge in [0.05, 0.1) is 12.5 Å². The third-order valence-electron chi connectivity index (χ3n) is 3.79. The first-order valence-electron chi connectivity index (χ1n) is 6.72. The minimum absolute atomic E-state index is 0.0695. The quantitative estimate of drug-likeness (QED) is 0.332. The first kappa shape index (κ1) is 14.7. The average molecular weight is 308 g/mol. The lowest BCUT2D eigenvalue weighted by molar-refractivity contribution is -0.136. The zero-order chi connectivity index (χ0) is 16.1. The number of allylic oxidation sites excluding steroid dienone is 1. The van der Waals surface area contributed by atoms with Crippen molar-refractivity contribution < 1.29 is 35.4 Å². The summed E-state index contributed by atoms with van der Waals surface area (Å²) >= 11 is 0. The highest BCUT2D eigenvalue weighted by atomic mass is 16.5. The molecule has 6 N–H and O–H groups in total. The maximum atomic E-state index is 10.2. The van der Waals surface area contributed by atoms with Gasteiger partial charge in [0, 0.05) is 18.1 Å². The lowest BCUT2D eigenvalue weighted by atomic mass is 9.88. The van der Waals surface area contributed by atoms with E-state index >= 15 is 0 Å². The van der Waals surface area contributed by atoms with E-state index in [0.29, 0.717) is 11.1 Å². The second-order valence-corrected chi connectivity index (χ2v) is 5.54. The summed E-state index contributed by atoms with van der Waals surface area (Å²) in [6.07, 6.45) is -1.14. The molecule has 2 unspecified atom stereocenters. The van der Waals surface area contributed by atoms with Crippen LogP contribution in [0, 0.1) is 0 Å². The van der Waals surface area contributed by atoms with E-state index < -0.39 is 18.0 Å². The number of hydrogen-bond acceptors (Lipinski definition) is 7. The predicted octanol–water partition coefficient (Wildman–Crippen LogP) is 0.701. The smallest absolute Gasteiger partial charge is 0.193 e. The minimum Gasteiger partial charge on any atom is -0.508 e. The molecule has 1 aliphatic heterocycles. The van der Waals surface area contributed by atoms with Gasteiger partial charge in [-0.1, -0.05) is 6.07 Å². The van der Waals surface area contributed by atoms with E-state index in [-0.39, 0.29) is 35.9 Å². The van der Waals surface area contributed by atoms with Crippen LogP contribution in [-0.4, -0.2) is 42.5 Å². The molecule has 1 aliphatic carbocycles. The van der Waals surface area contributed by atoms with E-state index in [1.165, 1.54) is 18.2 Å². The molecule has 0 bridgehead atoms. The SMILES string of the molecule is OC1=CC(O)(O)CC2=C1CC(O)C(c1ccc(O)c(O)c1)O2. The molecule has 1 heterocycles. The van der Waals surface area contributed by atoms with Crippen molar-refractivity contribution in [3.63, 3.8) is 0 Å². The highest BCUT2D eigenvalue weighted by Gasteiger charge is 2.39. The molecule has 0 fully saturated rings. The van der Waals surface area contributed by atoms with Crippen LogP contribution in [0.5, 0.6) is 11.5 Å². The van der Waals surface area contributed by atoms with Crippen molar-refractivity contribution in [2.24, 2.45) is 0 Å². The maximum Gasteiger partial charge on any atom is 0.193 e. The van der Waals surface area contributed by atoms with Crippen molar-refractivity contribution in [3.05, 3.63) is 46.9 Å². The van der Waals surface area contributed by atoms with Gasteiger partial charge < -0.3 is 35.4 Å². The highest BCUT2D eigenvalue weighted by molar-refractivity contribution is 5.43. The van der Waals surface area contributed by atoms with Crippen LogP contribution in [0.3, 0.4) is 0 Å². The maximum absolute atomic E-state index is 10.2. The summed E-state index contributed by atoms with van der Waals surface area (Å²) in [5.41, 5.74) is 0.746. The van der Waals surface area contributed by atoms with Crippen LogP contribution in [0.25, 0.3) is 0 Å². The van der Waals surface area contributed by atoms with Crippen molar-refractivity contribution in [2.75, 3.05) is 0 Å². The lowest BCUT2D eigenvalue weighted by Crippen LogP contribution is -2.36. The third kappa shape index (κ3) is 2.50. The standard InChI is InChI=1S/C15H16O7/c16-9-2-1-7(3-10(9)17)14-11(18)4-8-12(19)5-15(20,21)6-13(8)22-14/h1-3,5,11,14,16-21H,4,6H2. The van der Waals surface area contributed by atoms with Crippen molar-refractivity contribution in [1.29, 1.82) is 0 Å². The number of aliphatic hydroxyl groups excluding tert-OH is 2. The molecule has 2 aliphatic rings. The van der Waals surface area contributed by atoms with Crippen LogP contribution in [0.4, 0.5) is 0 Å². The van der Waals surface area contributed by atoms with Gasteiger partial charge in [0.25, 0.3) is 0 Å². The minimum atomic E-state index is -2.22. The molecular formula is C15H16O7. The Morgan fingerprint density at radius 2 is 1.82 bits per heavy atom. The molecule has 2 atom stereocenters. The summed E-state index contributed by atoms with van der Waals surface area (Å²) in [4.78, 5) is 0. The Kier molecular flexibility index (Phi) is 3.28. The molecule has 0 saturated carbocycles. The van der Waals surface area contributed by atoms with Crippen LogP contribution >= 0.6 is 0 Å². The van der Waals surface area contributed by atoms with E-state index in [9.17, 15) is 30.6 Å². The molecule has 1 aromatic carbocycles. The highest BCUT2D eigenvalue weighted by Crippen LogP contribution is 2.43. The number of aliphatic hydroxyl groups is 4. The van der Waals surface area contributed by atoms with Gasteiger partial charge in [0.15, 0.2) is 17.3 Å². The molecule has 0 spiro atoms. The number of benzene rings is 1. The fourth-order valence-corrected chi connectivity index (χ4v) is 2.73. The zero-order valence-corrected chi connectivity index (χ0v) is 11.5. The average Bonchev–Trinajstić information content (AvgIpc) is 2.41. The van der Waals surface area contributed by atoms with Crippen LogP contribution in [0.1, 0.15) is 24.5 Å². The Morgan fingerprint density at radius 1 is 1.09 bits per heavy atom. The molecule has 7 nitrogen and oxygen atoms in total. The van der Waals surface area contributed by atoms with Crippen LogP contribution in [0.15, 0.2) is 41.4 Å². The molecule has 3 rings (SSSR count). The molecule has 118 valence electrons. The Bertz CT molecular complexity index is 674. The van der Waals surface area contributed by atoms with Gasteiger partial charge in [-0.05, 0) is 17.7 Å². The van der Waals surface area contributed by atoms with Gasteiger partial charge in [-0.3, -0.25) is 0 Å². The third-order valence-corrected chi connectivity index (χ3v) is 3.79. The van der Waals surface area contributed by atoms with Crippen LogP contribution in [0.2, 0.25) is 0 Å². The molecule has 0 saturated heterocycles. The number of aromatic hydroxyl groups is 2. The van der Waals surface area contributed by atoms with Gasteiger partial charge >= 0.3 is 0 Å². The fourth-order valence-electron chi connectivity index (χ4n) is 2.73. The molecule has 22 heavy (non-hydrogen) atoms. The summed E-state index contributed by atoms with van der Waals surface area (Å²) in [5.74, 6) is -3.02. The van der Waals surface area contributed by atoms with E-state index in [0.717, 1.165) is 6.08 Å². The molecule has 1 aromatic rings. The van der Waals surface area contributed by atoms with E-state index in [1.807, 2.05) is 0 Å². The molecule has 7 heteroatoms. The Balaban J connectivity index is 1.94. The van der Waals surface area contributed by atoms with Gasteiger partial charge in [-0.2, -0.15) is 0 Å². The summed E-state index contributed by atoms with van der Waals surface area (Å²) in [6, 6.07) is 4.02. The second-order valence-electron chi connectivity index (χ2n) is 5.54. The molecular weight excluding hydrogens is 292 g/mol. The lowest BCUT2D eigenvalue weighted by Gasteiger charge is -2.36. The van der Waals surface area contributed by atoms with Crippen molar-refractivity contribution >= 4 is 0 Å². The summed E-state index contributed by atoms with van der Waals surface area (Å²) < 4.78 is 5.61. The van der Waals surface area contributed by atoms with Crippen molar-refractivity contribution in [1.82, 2.24) is 0 Å². The number of phenolic OH excluding ortho intramolecular Hbond substituents is 2. The fraction of sp³-hybridized carbons (Fsp3) is 0.333. The van der Waals surface area contributed by atoms with Crippen molar-refractivity contribution in [2.45, 2.75) is 30.8 Å². The number of hydrogen-bond donors (Lipinski definition) is 6. The van der Waals surface area contributed by atoms with Gasteiger partial charge in [-0.25, -0.2) is 0 Å². The number of rotatable bonds is 1. The summed E-state index contributed by atoms with van der Waals surface area (Å²) in [6.45, 7) is 0. The summed E-state index contributed by atoms with van der Waals surface area (Å²) in [7, 11) is 0. The molecule has 0 aromatic heterocycles. The van der Waals surface area contributed by atoms with Crippen molar-refractivity contribution in [3.8, 4) is 11.5 Å². The van der Waals surface area contributed by atoms with Crippen LogP contribution in [-0.2, 0) is 4.74 Å². The Labute approximate surface area is 125 Å². The van der Waals surface area contributed by atoms with Gasteiger partial charge in [-0.15, -0.1) is 0 Å². The predicted molar refractivity (Wildman–Crippen MR) is 73.7 cm³/mol. The van der Waals surface area contributed by atoms with Crippen LogP contribution < -0.4 is 0 Å². The Morgan fingerprint density at radius 3 is 2.50 bits per heavy atom. The van der Waals surface area contributed by atoms with Gasteiger partial charge in [0.1, 0.15) is 17.6 Å². The number of phenols is 2. The van der Waals surface area contributed by atoms with E-state index in [2.05, 4.69) is 0 Å². The second kappa shape index (κ2) is 4.91. The Hall–Kier alpha value is -2.22. The molecule has 0 radical (unpaired) electrons. The zero-order valence-electron chi connectivity index (χ0n) is 11.5. The first-order chi connectivity index (χ1) is 10.3. The topological polar surface area (TPSA) is 131 Å².